The lowest BCUT2D eigenvalue weighted by Crippen LogP contribution is -2.34. The van der Waals surface area contributed by atoms with Gasteiger partial charge < -0.3 is 15.7 Å². The van der Waals surface area contributed by atoms with Crippen LogP contribution in [0.2, 0.25) is 0 Å². The molecular formula is C18H20N2O2. The third-order valence-electron chi connectivity index (χ3n) is 3.74. The minimum absolute atomic E-state index is 0.0110. The van der Waals surface area contributed by atoms with Crippen LogP contribution in [-0.4, -0.2) is 17.1 Å². The molecule has 1 aliphatic rings. The Morgan fingerprint density at radius 3 is 2.59 bits per heavy atom. The Morgan fingerprint density at radius 1 is 1.14 bits per heavy atom. The fourth-order valence-electron chi connectivity index (χ4n) is 2.38. The molecule has 0 bridgehead atoms. The van der Waals surface area contributed by atoms with Crippen molar-refractivity contribution in [3.63, 3.8) is 0 Å². The van der Waals surface area contributed by atoms with E-state index in [1.807, 2.05) is 54.6 Å². The molecule has 1 aliphatic carbocycles. The molecule has 0 unspecified atom stereocenters. The molecule has 2 aromatic carbocycles. The first-order chi connectivity index (χ1) is 10.8. The fourth-order valence-corrected chi connectivity index (χ4v) is 2.38. The number of nitrogens with one attached hydrogen (secondary N) is 2. The highest BCUT2D eigenvalue weighted by molar-refractivity contribution is 5.86. The van der Waals surface area contributed by atoms with E-state index in [0.29, 0.717) is 6.04 Å². The third-order valence-corrected chi connectivity index (χ3v) is 3.74. The average Bonchev–Trinajstić information content (AvgIpc) is 3.37. The second kappa shape index (κ2) is 6.62. The Kier molecular flexibility index (Phi) is 4.39. The van der Waals surface area contributed by atoms with Crippen LogP contribution in [-0.2, 0) is 11.4 Å². The van der Waals surface area contributed by atoms with Gasteiger partial charge >= 0.3 is 0 Å². The zero-order valence-electron chi connectivity index (χ0n) is 12.3. The van der Waals surface area contributed by atoms with E-state index in [4.69, 9.17) is 0 Å². The van der Waals surface area contributed by atoms with Gasteiger partial charge in [0.1, 0.15) is 6.04 Å². The Labute approximate surface area is 130 Å². The molecule has 0 heterocycles. The molecule has 1 amide bonds. The summed E-state index contributed by atoms with van der Waals surface area (Å²) < 4.78 is 0. The first-order valence-corrected chi connectivity index (χ1v) is 7.58. The monoisotopic (exact) mass is 296 g/mol. The van der Waals surface area contributed by atoms with E-state index in [9.17, 15) is 9.90 Å². The normalized spacial score (nSPS) is 15.1. The summed E-state index contributed by atoms with van der Waals surface area (Å²) in [6.07, 6.45) is 2.13. The van der Waals surface area contributed by atoms with E-state index in [-0.39, 0.29) is 12.5 Å². The van der Waals surface area contributed by atoms with Crippen molar-refractivity contribution >= 4 is 11.6 Å². The maximum absolute atomic E-state index is 12.5. The summed E-state index contributed by atoms with van der Waals surface area (Å²) in [4.78, 5) is 12.5. The van der Waals surface area contributed by atoms with Gasteiger partial charge in [-0.25, -0.2) is 0 Å². The van der Waals surface area contributed by atoms with Crippen molar-refractivity contribution in [3.8, 4) is 0 Å². The molecule has 0 aliphatic heterocycles. The molecule has 0 aromatic heterocycles. The fraction of sp³-hybridized carbons (Fsp3) is 0.278. The molecule has 2 aromatic rings. The van der Waals surface area contributed by atoms with Crippen LogP contribution < -0.4 is 10.6 Å². The molecule has 114 valence electrons. The summed E-state index contributed by atoms with van der Waals surface area (Å²) in [5.74, 6) is -0.0110. The maximum atomic E-state index is 12.5. The molecule has 3 N–H and O–H groups in total. The van der Waals surface area contributed by atoms with Gasteiger partial charge in [-0.15, -0.1) is 0 Å². The third kappa shape index (κ3) is 3.65. The van der Waals surface area contributed by atoms with Crippen molar-refractivity contribution in [1.29, 1.82) is 0 Å². The van der Waals surface area contributed by atoms with Crippen LogP contribution in [0.4, 0.5) is 5.69 Å². The molecule has 4 nitrogen and oxygen atoms in total. The number of hydrogen-bond donors (Lipinski definition) is 3. The van der Waals surface area contributed by atoms with Crippen LogP contribution in [0.25, 0.3) is 0 Å². The van der Waals surface area contributed by atoms with Gasteiger partial charge in [-0.2, -0.15) is 0 Å². The van der Waals surface area contributed by atoms with E-state index >= 15 is 0 Å². The van der Waals surface area contributed by atoms with Crippen LogP contribution in [0.15, 0.2) is 54.6 Å². The van der Waals surface area contributed by atoms with Crippen molar-refractivity contribution in [1.82, 2.24) is 5.32 Å². The highest BCUT2D eigenvalue weighted by Gasteiger charge is 2.28. The van der Waals surface area contributed by atoms with Crippen LogP contribution in [0, 0.1) is 0 Å². The van der Waals surface area contributed by atoms with E-state index in [1.165, 1.54) is 0 Å². The second-order valence-electron chi connectivity index (χ2n) is 5.63. The lowest BCUT2D eigenvalue weighted by atomic mass is 10.1. The zero-order valence-corrected chi connectivity index (χ0v) is 12.3. The first-order valence-electron chi connectivity index (χ1n) is 7.58. The number of aliphatic hydroxyl groups is 1. The Balaban J connectivity index is 1.82. The quantitative estimate of drug-likeness (QED) is 0.768. The number of benzene rings is 2. The first kappa shape index (κ1) is 14.6. The Hall–Kier alpha value is -2.33. The standard InChI is InChI=1S/C18H20N2O2/c21-12-13-5-4-8-16(11-13)19-17(14-6-2-1-3-7-14)18(22)20-15-9-10-15/h1-8,11,15,17,19,21H,9-10,12H2,(H,20,22)/t17-/m1/s1. The SMILES string of the molecule is O=C(NC1CC1)[C@H](Nc1cccc(CO)c1)c1ccccc1. The van der Waals surface area contributed by atoms with Crippen molar-refractivity contribution < 1.29 is 9.90 Å². The van der Waals surface area contributed by atoms with Crippen molar-refractivity contribution in [2.75, 3.05) is 5.32 Å². The largest absolute Gasteiger partial charge is 0.392 e. The van der Waals surface area contributed by atoms with Crippen molar-refractivity contribution in [3.05, 3.63) is 65.7 Å². The summed E-state index contributed by atoms with van der Waals surface area (Å²) in [7, 11) is 0. The zero-order chi connectivity index (χ0) is 15.4. The van der Waals surface area contributed by atoms with Crippen LogP contribution >= 0.6 is 0 Å². The van der Waals surface area contributed by atoms with E-state index < -0.39 is 6.04 Å². The molecule has 0 radical (unpaired) electrons. The number of hydrogen-bond acceptors (Lipinski definition) is 3. The van der Waals surface area contributed by atoms with Gasteiger partial charge in [-0.1, -0.05) is 42.5 Å². The topological polar surface area (TPSA) is 61.4 Å². The molecule has 1 saturated carbocycles. The smallest absolute Gasteiger partial charge is 0.247 e. The lowest BCUT2D eigenvalue weighted by Gasteiger charge is -2.20. The molecule has 1 atom stereocenters. The summed E-state index contributed by atoms with van der Waals surface area (Å²) in [5, 5.41) is 15.6. The number of carbonyl (C=O) groups excluding carboxylic acids is 1. The highest BCUT2D eigenvalue weighted by atomic mass is 16.3. The molecule has 22 heavy (non-hydrogen) atoms. The highest BCUT2D eigenvalue weighted by Crippen LogP contribution is 2.24. The average molecular weight is 296 g/mol. The van der Waals surface area contributed by atoms with Gasteiger partial charge in [0.2, 0.25) is 5.91 Å². The Morgan fingerprint density at radius 2 is 1.91 bits per heavy atom. The van der Waals surface area contributed by atoms with Gasteiger partial charge in [0, 0.05) is 11.7 Å². The minimum Gasteiger partial charge on any atom is -0.392 e. The summed E-state index contributed by atoms with van der Waals surface area (Å²) >= 11 is 0. The van der Waals surface area contributed by atoms with Gasteiger partial charge in [0.05, 0.1) is 6.61 Å². The summed E-state index contributed by atoms with van der Waals surface area (Å²) in [5.41, 5.74) is 2.57. The molecule has 1 fully saturated rings. The van der Waals surface area contributed by atoms with E-state index in [2.05, 4.69) is 10.6 Å². The van der Waals surface area contributed by atoms with Crippen LogP contribution in [0.3, 0.4) is 0 Å². The lowest BCUT2D eigenvalue weighted by molar-refractivity contribution is -0.122. The van der Waals surface area contributed by atoms with Gasteiger partial charge in [0.15, 0.2) is 0 Å². The van der Waals surface area contributed by atoms with Gasteiger partial charge in [0.25, 0.3) is 0 Å². The van der Waals surface area contributed by atoms with Crippen molar-refractivity contribution in [2.24, 2.45) is 0 Å². The Bertz CT molecular complexity index is 639. The summed E-state index contributed by atoms with van der Waals surface area (Å²) in [6.45, 7) is -0.0141. The molecule has 0 saturated heterocycles. The molecular weight excluding hydrogens is 276 g/mol. The van der Waals surface area contributed by atoms with Gasteiger partial charge in [-0.3, -0.25) is 4.79 Å². The number of carbonyl (C=O) groups is 1. The van der Waals surface area contributed by atoms with Gasteiger partial charge in [-0.05, 0) is 36.1 Å². The second-order valence-corrected chi connectivity index (χ2v) is 5.63. The predicted octanol–water partition coefficient (Wildman–Crippen LogP) is 2.61. The predicted molar refractivity (Wildman–Crippen MR) is 86.3 cm³/mol. The summed E-state index contributed by atoms with van der Waals surface area (Å²) in [6, 6.07) is 17.1. The van der Waals surface area contributed by atoms with E-state index in [0.717, 1.165) is 29.7 Å². The number of rotatable bonds is 6. The molecule has 0 spiro atoms. The maximum Gasteiger partial charge on any atom is 0.247 e. The number of aliphatic hydroxyl groups excluding tert-OH is 1. The molecule has 4 heteroatoms. The van der Waals surface area contributed by atoms with Crippen LogP contribution in [0.1, 0.15) is 30.0 Å². The molecule has 3 rings (SSSR count). The minimum atomic E-state index is -0.434. The number of amides is 1. The van der Waals surface area contributed by atoms with E-state index in [1.54, 1.807) is 0 Å². The number of anilines is 1. The van der Waals surface area contributed by atoms with Crippen LogP contribution in [0.5, 0.6) is 0 Å². The van der Waals surface area contributed by atoms with Crippen molar-refractivity contribution in [2.45, 2.75) is 31.5 Å².